The summed E-state index contributed by atoms with van der Waals surface area (Å²) in [5.74, 6) is -0.0765. The number of urea groups is 1. The molecular weight excluding hydrogens is 258 g/mol. The van der Waals surface area contributed by atoms with Gasteiger partial charge in [-0.15, -0.1) is 0 Å². The van der Waals surface area contributed by atoms with E-state index in [9.17, 15) is 9.59 Å². The molecule has 1 aromatic carbocycles. The second kappa shape index (κ2) is 5.08. The lowest BCUT2D eigenvalue weighted by molar-refractivity contribution is 0.0996. The van der Waals surface area contributed by atoms with Gasteiger partial charge in [-0.3, -0.25) is 9.69 Å². The topological polar surface area (TPSA) is 74.6 Å². The van der Waals surface area contributed by atoms with Crippen LogP contribution in [-0.2, 0) is 0 Å². The van der Waals surface area contributed by atoms with Gasteiger partial charge in [-0.05, 0) is 30.3 Å². The van der Waals surface area contributed by atoms with Gasteiger partial charge in [0.25, 0.3) is 5.91 Å². The smallest absolute Gasteiger partial charge is 0.321 e. The van der Waals surface area contributed by atoms with Crippen LogP contribution in [0.3, 0.4) is 0 Å². The average molecular weight is 271 g/mol. The zero-order chi connectivity index (χ0) is 13.9. The number of amides is 3. The molecule has 2 aromatic rings. The van der Waals surface area contributed by atoms with Gasteiger partial charge in [0, 0.05) is 24.5 Å². The maximum Gasteiger partial charge on any atom is 0.321 e. The quantitative estimate of drug-likeness (QED) is 0.897. The lowest BCUT2D eigenvalue weighted by Crippen LogP contribution is -2.27. The molecule has 0 aliphatic carbocycles. The van der Waals surface area contributed by atoms with Gasteiger partial charge in [-0.25, -0.2) is 4.79 Å². The first-order valence-electron chi connectivity index (χ1n) is 6.24. The van der Waals surface area contributed by atoms with Crippen LogP contribution in [0.1, 0.15) is 10.6 Å². The molecule has 2 heterocycles. The van der Waals surface area contributed by atoms with E-state index in [1.807, 2.05) is 6.07 Å². The van der Waals surface area contributed by atoms with Crippen molar-refractivity contribution in [2.45, 2.75) is 0 Å². The Hall–Kier alpha value is -2.76. The van der Waals surface area contributed by atoms with Crippen LogP contribution in [0.15, 0.2) is 47.1 Å². The van der Waals surface area contributed by atoms with Crippen LogP contribution in [-0.4, -0.2) is 25.0 Å². The van der Waals surface area contributed by atoms with Crippen molar-refractivity contribution in [2.75, 3.05) is 23.3 Å². The molecule has 0 radical (unpaired) electrons. The second-order valence-corrected chi connectivity index (χ2v) is 4.37. The van der Waals surface area contributed by atoms with Crippen molar-refractivity contribution in [3.05, 3.63) is 48.4 Å². The van der Waals surface area contributed by atoms with Crippen LogP contribution >= 0.6 is 0 Å². The molecule has 102 valence electrons. The maximum absolute atomic E-state index is 11.9. The molecule has 3 rings (SSSR count). The molecule has 0 saturated carbocycles. The number of nitrogens with one attached hydrogen (secondary N) is 2. The Labute approximate surface area is 115 Å². The van der Waals surface area contributed by atoms with E-state index >= 15 is 0 Å². The van der Waals surface area contributed by atoms with E-state index in [0.29, 0.717) is 18.8 Å². The van der Waals surface area contributed by atoms with Gasteiger partial charge >= 0.3 is 6.03 Å². The molecule has 0 spiro atoms. The second-order valence-electron chi connectivity index (χ2n) is 4.37. The molecule has 0 atom stereocenters. The zero-order valence-corrected chi connectivity index (χ0v) is 10.6. The fourth-order valence-corrected chi connectivity index (χ4v) is 2.07. The first-order chi connectivity index (χ1) is 9.74. The van der Waals surface area contributed by atoms with Gasteiger partial charge in [-0.2, -0.15) is 0 Å². The maximum atomic E-state index is 11.9. The molecule has 1 aromatic heterocycles. The van der Waals surface area contributed by atoms with Gasteiger partial charge in [-0.1, -0.05) is 6.07 Å². The normalized spacial score (nSPS) is 14.2. The lowest BCUT2D eigenvalue weighted by Gasteiger charge is -2.15. The van der Waals surface area contributed by atoms with Crippen LogP contribution in [0.25, 0.3) is 0 Å². The molecule has 6 nitrogen and oxygen atoms in total. The predicted octanol–water partition coefficient (Wildman–Crippen LogP) is 2.06. The summed E-state index contributed by atoms with van der Waals surface area (Å²) in [5, 5.41) is 5.47. The van der Waals surface area contributed by atoms with Gasteiger partial charge in [0.1, 0.15) is 0 Å². The van der Waals surface area contributed by atoms with E-state index in [4.69, 9.17) is 4.42 Å². The molecule has 0 bridgehead atoms. The Morgan fingerprint density at radius 2 is 2.20 bits per heavy atom. The molecule has 1 saturated heterocycles. The number of hydrogen-bond acceptors (Lipinski definition) is 3. The van der Waals surface area contributed by atoms with Crippen LogP contribution in [0.4, 0.5) is 16.2 Å². The first-order valence-corrected chi connectivity index (χ1v) is 6.24. The van der Waals surface area contributed by atoms with E-state index in [1.54, 1.807) is 35.2 Å². The van der Waals surface area contributed by atoms with Crippen LogP contribution in [0.5, 0.6) is 0 Å². The van der Waals surface area contributed by atoms with E-state index in [-0.39, 0.29) is 17.7 Å². The highest BCUT2D eigenvalue weighted by atomic mass is 16.3. The largest absolute Gasteiger partial charge is 0.459 e. The summed E-state index contributed by atoms with van der Waals surface area (Å²) in [5.41, 5.74) is 1.36. The SMILES string of the molecule is O=C(Nc1cccc(N2CCNC2=O)c1)c1ccco1. The van der Waals surface area contributed by atoms with Crippen LogP contribution in [0.2, 0.25) is 0 Å². The summed E-state index contributed by atoms with van der Waals surface area (Å²) in [4.78, 5) is 25.1. The van der Waals surface area contributed by atoms with Crippen molar-refractivity contribution in [3.8, 4) is 0 Å². The Balaban J connectivity index is 1.78. The Morgan fingerprint density at radius 3 is 2.90 bits per heavy atom. The molecule has 2 N–H and O–H groups in total. The fourth-order valence-electron chi connectivity index (χ4n) is 2.07. The molecule has 20 heavy (non-hydrogen) atoms. The van der Waals surface area contributed by atoms with Gasteiger partial charge in [0.05, 0.1) is 6.26 Å². The number of rotatable bonds is 3. The van der Waals surface area contributed by atoms with Crippen molar-refractivity contribution in [3.63, 3.8) is 0 Å². The first kappa shape index (κ1) is 12.3. The zero-order valence-electron chi connectivity index (χ0n) is 10.6. The van der Waals surface area contributed by atoms with E-state index < -0.39 is 0 Å². The highest BCUT2D eigenvalue weighted by Gasteiger charge is 2.21. The monoisotopic (exact) mass is 271 g/mol. The molecule has 1 aliphatic rings. The molecule has 0 unspecified atom stereocenters. The summed E-state index contributed by atoms with van der Waals surface area (Å²) in [6, 6.07) is 10.3. The van der Waals surface area contributed by atoms with Gasteiger partial charge in [0.15, 0.2) is 5.76 Å². The minimum atomic E-state index is -0.321. The lowest BCUT2D eigenvalue weighted by atomic mass is 10.2. The molecular formula is C14H13N3O3. The third kappa shape index (κ3) is 2.35. The van der Waals surface area contributed by atoms with E-state index in [2.05, 4.69) is 10.6 Å². The van der Waals surface area contributed by atoms with Crippen LogP contribution < -0.4 is 15.5 Å². The van der Waals surface area contributed by atoms with Gasteiger partial charge < -0.3 is 15.1 Å². The number of hydrogen-bond donors (Lipinski definition) is 2. The third-order valence-corrected chi connectivity index (χ3v) is 3.02. The van der Waals surface area contributed by atoms with Gasteiger partial charge in [0.2, 0.25) is 0 Å². The average Bonchev–Trinajstić information content (AvgIpc) is 3.10. The fraction of sp³-hybridized carbons (Fsp3) is 0.143. The molecule has 3 amide bonds. The summed E-state index contributed by atoms with van der Waals surface area (Å²) in [6.45, 7) is 1.25. The number of carbonyl (C=O) groups excluding carboxylic acids is 2. The number of nitrogens with zero attached hydrogens (tertiary/aromatic N) is 1. The highest BCUT2D eigenvalue weighted by molar-refractivity contribution is 6.03. The predicted molar refractivity (Wildman–Crippen MR) is 73.8 cm³/mol. The Morgan fingerprint density at radius 1 is 1.30 bits per heavy atom. The van der Waals surface area contributed by atoms with E-state index in [0.717, 1.165) is 5.69 Å². The van der Waals surface area contributed by atoms with E-state index in [1.165, 1.54) is 6.26 Å². The standard InChI is InChI=1S/C14H13N3O3/c18-13(12-5-2-8-20-12)16-10-3-1-4-11(9-10)17-7-6-15-14(17)19/h1-5,8-9H,6-7H2,(H,15,19)(H,16,18). The number of carbonyl (C=O) groups is 2. The van der Waals surface area contributed by atoms with Crippen molar-refractivity contribution in [1.29, 1.82) is 0 Å². The number of benzene rings is 1. The summed E-state index contributed by atoms with van der Waals surface area (Å²) in [6.07, 6.45) is 1.44. The molecule has 1 aliphatic heterocycles. The molecule has 1 fully saturated rings. The summed E-state index contributed by atoms with van der Waals surface area (Å²) < 4.78 is 5.03. The van der Waals surface area contributed by atoms with Crippen molar-refractivity contribution < 1.29 is 14.0 Å². The van der Waals surface area contributed by atoms with Crippen molar-refractivity contribution in [1.82, 2.24) is 5.32 Å². The minimum absolute atomic E-state index is 0.125. The summed E-state index contributed by atoms with van der Waals surface area (Å²) in [7, 11) is 0. The minimum Gasteiger partial charge on any atom is -0.459 e. The Bertz CT molecular complexity index is 637. The number of furan rings is 1. The number of anilines is 2. The summed E-state index contributed by atoms with van der Waals surface area (Å²) >= 11 is 0. The van der Waals surface area contributed by atoms with Crippen molar-refractivity contribution in [2.24, 2.45) is 0 Å². The Kier molecular flexibility index (Phi) is 3.12. The van der Waals surface area contributed by atoms with Crippen molar-refractivity contribution >= 4 is 23.3 Å². The molecule has 6 heteroatoms. The van der Waals surface area contributed by atoms with Crippen LogP contribution in [0, 0.1) is 0 Å². The highest BCUT2D eigenvalue weighted by Crippen LogP contribution is 2.21. The third-order valence-electron chi connectivity index (χ3n) is 3.02.